The molecule has 7 nitrogen and oxygen atoms in total. The molecule has 5 rings (SSSR count). The second-order valence-electron chi connectivity index (χ2n) is 8.75. The van der Waals surface area contributed by atoms with Gasteiger partial charge in [-0.3, -0.25) is 0 Å². The molecule has 0 atom stereocenters. The normalized spacial score (nSPS) is 13.7. The Bertz CT molecular complexity index is 1420. The highest BCUT2D eigenvalue weighted by atomic mass is 79.9. The van der Waals surface area contributed by atoms with Crippen LogP contribution in [-0.4, -0.2) is 37.8 Å². The number of rotatable bonds is 4. The van der Waals surface area contributed by atoms with E-state index in [9.17, 15) is 18.3 Å². The number of nitrogens with one attached hydrogen (secondary N) is 1. The van der Waals surface area contributed by atoms with Crippen molar-refractivity contribution in [3.63, 3.8) is 0 Å². The first-order chi connectivity index (χ1) is 16.6. The lowest BCUT2D eigenvalue weighted by Crippen LogP contribution is -2.19. The predicted molar refractivity (Wildman–Crippen MR) is 128 cm³/mol. The van der Waals surface area contributed by atoms with Gasteiger partial charge in [0.2, 0.25) is 0 Å². The van der Waals surface area contributed by atoms with Crippen molar-refractivity contribution in [1.29, 1.82) is 0 Å². The summed E-state index contributed by atoms with van der Waals surface area (Å²) in [4.78, 5) is 13.3. The van der Waals surface area contributed by atoms with Crippen LogP contribution >= 0.6 is 15.9 Å². The molecule has 1 aliphatic heterocycles. The molecule has 2 aromatic carbocycles. The Balaban J connectivity index is 1.63. The van der Waals surface area contributed by atoms with Gasteiger partial charge in [-0.2, -0.15) is 8.78 Å². The van der Waals surface area contributed by atoms with Crippen LogP contribution in [0.1, 0.15) is 31.1 Å². The van der Waals surface area contributed by atoms with Gasteiger partial charge in [-0.15, -0.1) is 0 Å². The molecule has 35 heavy (non-hydrogen) atoms. The van der Waals surface area contributed by atoms with Crippen molar-refractivity contribution in [3.05, 3.63) is 64.2 Å². The minimum absolute atomic E-state index is 0.0736. The number of imidazole rings is 1. The maximum atomic E-state index is 14.7. The maximum Gasteiger partial charge on any atom is 0.387 e. The predicted octanol–water partition coefficient (Wildman–Crippen LogP) is 5.24. The van der Waals surface area contributed by atoms with E-state index < -0.39 is 23.8 Å². The first-order valence-corrected chi connectivity index (χ1v) is 11.6. The van der Waals surface area contributed by atoms with Crippen LogP contribution < -0.4 is 10.1 Å². The molecule has 0 bridgehead atoms. The number of aliphatic hydroxyl groups is 1. The monoisotopic (exact) mass is 547 g/mol. The smallest absolute Gasteiger partial charge is 0.387 e. The fourth-order valence-corrected chi connectivity index (χ4v) is 4.76. The Labute approximate surface area is 207 Å². The van der Waals surface area contributed by atoms with E-state index in [-0.39, 0.29) is 12.1 Å². The molecule has 3 heterocycles. The van der Waals surface area contributed by atoms with Crippen LogP contribution in [0.3, 0.4) is 0 Å². The molecule has 1 aliphatic rings. The van der Waals surface area contributed by atoms with Crippen LogP contribution in [0.25, 0.3) is 22.2 Å². The Hall–Kier alpha value is -3.18. The van der Waals surface area contributed by atoms with Crippen LogP contribution in [0.2, 0.25) is 0 Å². The number of ether oxygens (including phenoxy) is 1. The summed E-state index contributed by atoms with van der Waals surface area (Å²) in [6.07, 6.45) is 3.83. The lowest BCUT2D eigenvalue weighted by atomic mass is 10.1. The molecule has 0 spiro atoms. The molecule has 4 aromatic rings. The summed E-state index contributed by atoms with van der Waals surface area (Å²) >= 11 is 3.33. The van der Waals surface area contributed by atoms with Gasteiger partial charge in [-0.1, -0.05) is 6.07 Å². The zero-order valence-electron chi connectivity index (χ0n) is 18.8. The minimum Gasteiger partial charge on any atom is -0.431 e. The highest BCUT2D eigenvalue weighted by Gasteiger charge is 2.25. The van der Waals surface area contributed by atoms with E-state index in [1.165, 1.54) is 0 Å². The standard InChI is InChI=1S/C24H21BrF3N5O2/c1-24(2,34)22-30-9-13(10-31-22)12-3-4-17-18(7-12)33-11-14-20(29-6-5-19(33)32-17)15(25)8-16(26)21(14)35-23(27)28/h3-4,7-10,23,29,34H,5-6,11H2,1-2H3. The van der Waals surface area contributed by atoms with E-state index in [1.807, 2.05) is 22.8 Å². The molecule has 0 aliphatic carbocycles. The van der Waals surface area contributed by atoms with E-state index >= 15 is 0 Å². The molecular formula is C24H21BrF3N5O2. The lowest BCUT2D eigenvalue weighted by molar-refractivity contribution is -0.0528. The number of alkyl halides is 2. The second kappa shape index (κ2) is 8.80. The topological polar surface area (TPSA) is 85.1 Å². The first kappa shape index (κ1) is 23.6. The highest BCUT2D eigenvalue weighted by molar-refractivity contribution is 9.10. The van der Waals surface area contributed by atoms with Gasteiger partial charge < -0.3 is 19.7 Å². The number of hydrogen-bond acceptors (Lipinski definition) is 6. The number of nitrogens with zero attached hydrogens (tertiary/aromatic N) is 4. The third-order valence-corrected chi connectivity index (χ3v) is 6.44. The minimum atomic E-state index is -3.17. The van der Waals surface area contributed by atoms with Gasteiger partial charge in [0, 0.05) is 41.0 Å². The zero-order chi connectivity index (χ0) is 24.9. The number of halogens is 4. The molecule has 0 saturated heterocycles. The quantitative estimate of drug-likeness (QED) is 0.363. The summed E-state index contributed by atoms with van der Waals surface area (Å²) in [5.41, 5.74) is 2.62. The first-order valence-electron chi connectivity index (χ1n) is 10.9. The average Bonchev–Trinajstić information content (AvgIpc) is 3.11. The molecule has 2 N–H and O–H groups in total. The van der Waals surface area contributed by atoms with E-state index in [4.69, 9.17) is 4.98 Å². The number of fused-ring (bicyclic) bond motifs is 4. The van der Waals surface area contributed by atoms with Gasteiger partial charge in [-0.25, -0.2) is 19.3 Å². The van der Waals surface area contributed by atoms with Gasteiger partial charge in [0.05, 0.1) is 23.3 Å². The van der Waals surface area contributed by atoms with Crippen LogP contribution in [-0.2, 0) is 18.6 Å². The van der Waals surface area contributed by atoms with Crippen LogP contribution in [0.5, 0.6) is 5.75 Å². The Morgan fingerprint density at radius 1 is 1.17 bits per heavy atom. The SMILES string of the molecule is CC(C)(O)c1ncc(-c2ccc3nc4n(c3c2)Cc2c(c(Br)cc(F)c2OC(F)F)NCC4)cn1. The van der Waals surface area contributed by atoms with Crippen LogP contribution in [0.15, 0.2) is 41.1 Å². The average molecular weight is 548 g/mol. The molecule has 11 heteroatoms. The van der Waals surface area contributed by atoms with Crippen LogP contribution in [0, 0.1) is 5.82 Å². The molecule has 0 amide bonds. The molecule has 2 aromatic heterocycles. The molecule has 0 fully saturated rings. The highest BCUT2D eigenvalue weighted by Crippen LogP contribution is 2.39. The Morgan fingerprint density at radius 3 is 2.60 bits per heavy atom. The van der Waals surface area contributed by atoms with Crippen molar-refractivity contribution in [2.75, 3.05) is 11.9 Å². The second-order valence-corrected chi connectivity index (χ2v) is 9.60. The summed E-state index contributed by atoms with van der Waals surface area (Å²) in [5.74, 6) is -0.339. The molecular weight excluding hydrogens is 527 g/mol. The number of aromatic nitrogens is 4. The summed E-state index contributed by atoms with van der Waals surface area (Å²) in [6.45, 7) is 0.589. The summed E-state index contributed by atoms with van der Waals surface area (Å²) in [6, 6.07) is 6.77. The van der Waals surface area contributed by atoms with Crippen molar-refractivity contribution < 1.29 is 23.0 Å². The molecule has 0 unspecified atom stereocenters. The summed E-state index contributed by atoms with van der Waals surface area (Å²) in [5, 5.41) is 13.3. The van der Waals surface area contributed by atoms with Gasteiger partial charge >= 0.3 is 6.61 Å². The molecule has 0 saturated carbocycles. The van der Waals surface area contributed by atoms with E-state index in [1.54, 1.807) is 26.2 Å². The Kier molecular flexibility index (Phi) is 5.92. The van der Waals surface area contributed by atoms with Crippen LogP contribution in [0.4, 0.5) is 18.9 Å². The van der Waals surface area contributed by atoms with Crippen molar-refractivity contribution in [1.82, 2.24) is 19.5 Å². The van der Waals surface area contributed by atoms with E-state index in [0.29, 0.717) is 34.5 Å². The molecule has 0 radical (unpaired) electrons. The fourth-order valence-electron chi connectivity index (χ4n) is 4.18. The lowest BCUT2D eigenvalue weighted by Gasteiger charge is -2.22. The van der Waals surface area contributed by atoms with E-state index in [0.717, 1.165) is 28.5 Å². The van der Waals surface area contributed by atoms with Crippen molar-refractivity contribution >= 4 is 32.7 Å². The van der Waals surface area contributed by atoms with Gasteiger partial charge in [0.15, 0.2) is 17.4 Å². The molecule has 182 valence electrons. The maximum absolute atomic E-state index is 14.7. The number of hydrogen-bond donors (Lipinski definition) is 2. The summed E-state index contributed by atoms with van der Waals surface area (Å²) < 4.78 is 47.8. The Morgan fingerprint density at radius 2 is 1.91 bits per heavy atom. The third-order valence-electron chi connectivity index (χ3n) is 5.82. The van der Waals surface area contributed by atoms with Crippen molar-refractivity contribution in [3.8, 4) is 16.9 Å². The largest absolute Gasteiger partial charge is 0.431 e. The van der Waals surface area contributed by atoms with Crippen molar-refractivity contribution in [2.45, 2.75) is 39.0 Å². The van der Waals surface area contributed by atoms with Gasteiger partial charge in [-0.05, 0) is 53.5 Å². The number of benzene rings is 2. The van der Waals surface area contributed by atoms with Gasteiger partial charge in [0.25, 0.3) is 0 Å². The van der Waals surface area contributed by atoms with E-state index in [2.05, 4.69) is 36.0 Å². The van der Waals surface area contributed by atoms with Crippen molar-refractivity contribution in [2.24, 2.45) is 0 Å². The third kappa shape index (κ3) is 4.45. The summed E-state index contributed by atoms with van der Waals surface area (Å²) in [7, 11) is 0. The van der Waals surface area contributed by atoms with Gasteiger partial charge in [0.1, 0.15) is 11.4 Å². The zero-order valence-corrected chi connectivity index (χ0v) is 20.4. The number of anilines is 1. The fraction of sp³-hybridized carbons (Fsp3) is 0.292.